The minimum Gasteiger partial charge on any atom is -0.317 e. The number of nitrogens with one attached hydrogen (secondary N) is 2. The number of alkyl halides is 1. The Morgan fingerprint density at radius 3 is 2.87 bits per heavy atom. The van der Waals surface area contributed by atoms with E-state index in [2.05, 4.69) is 17.6 Å². The standard InChI is InChI=1S/C12H23FN2/c1-10-3-7-15-11(9-10)12(13)4-2-6-14-8-5-12/h10-11,14-15H,2-9H2,1H3. The first-order valence-corrected chi connectivity index (χ1v) is 6.34. The van der Waals surface area contributed by atoms with E-state index in [0.717, 1.165) is 38.9 Å². The van der Waals surface area contributed by atoms with E-state index in [-0.39, 0.29) is 6.04 Å². The van der Waals surface area contributed by atoms with Crippen molar-refractivity contribution < 1.29 is 4.39 Å². The van der Waals surface area contributed by atoms with Crippen LogP contribution in [-0.4, -0.2) is 31.3 Å². The van der Waals surface area contributed by atoms with Gasteiger partial charge in [0.1, 0.15) is 5.67 Å². The summed E-state index contributed by atoms with van der Waals surface area (Å²) in [4.78, 5) is 0. The number of halogens is 1. The van der Waals surface area contributed by atoms with Gasteiger partial charge in [0.2, 0.25) is 0 Å². The summed E-state index contributed by atoms with van der Waals surface area (Å²) in [5.41, 5.74) is -0.960. The Balaban J connectivity index is 1.98. The smallest absolute Gasteiger partial charge is 0.127 e. The van der Waals surface area contributed by atoms with Crippen molar-refractivity contribution in [2.24, 2.45) is 5.92 Å². The SMILES string of the molecule is CC1CCNC(C2(F)CCCNCC2)C1. The summed E-state index contributed by atoms with van der Waals surface area (Å²) < 4.78 is 14.8. The van der Waals surface area contributed by atoms with Gasteiger partial charge in [-0.3, -0.25) is 0 Å². The van der Waals surface area contributed by atoms with E-state index in [0.29, 0.717) is 12.3 Å². The third-order valence-electron chi connectivity index (χ3n) is 3.95. The molecule has 15 heavy (non-hydrogen) atoms. The van der Waals surface area contributed by atoms with Crippen molar-refractivity contribution in [2.45, 2.75) is 50.7 Å². The Bertz CT molecular complexity index is 200. The molecule has 0 aromatic carbocycles. The second kappa shape index (κ2) is 4.79. The molecule has 2 heterocycles. The molecule has 2 N–H and O–H groups in total. The lowest BCUT2D eigenvalue weighted by Gasteiger charge is -2.38. The third kappa shape index (κ3) is 2.70. The fraction of sp³-hybridized carbons (Fsp3) is 1.00. The first-order chi connectivity index (χ1) is 7.21. The van der Waals surface area contributed by atoms with Gasteiger partial charge in [-0.15, -0.1) is 0 Å². The fourth-order valence-corrected chi connectivity index (χ4v) is 2.90. The van der Waals surface area contributed by atoms with Crippen molar-refractivity contribution in [3.05, 3.63) is 0 Å². The van der Waals surface area contributed by atoms with E-state index in [4.69, 9.17) is 0 Å². The zero-order chi connectivity index (χ0) is 10.7. The highest BCUT2D eigenvalue weighted by Crippen LogP contribution is 2.33. The van der Waals surface area contributed by atoms with Gasteiger partial charge in [-0.05, 0) is 57.7 Å². The van der Waals surface area contributed by atoms with Gasteiger partial charge in [0, 0.05) is 6.04 Å². The summed E-state index contributed by atoms with van der Waals surface area (Å²) in [5, 5.41) is 6.67. The number of hydrogen-bond acceptors (Lipinski definition) is 2. The van der Waals surface area contributed by atoms with Crippen LogP contribution >= 0.6 is 0 Å². The lowest BCUT2D eigenvalue weighted by molar-refractivity contribution is 0.0638. The number of piperidine rings is 1. The molecular weight excluding hydrogens is 191 g/mol. The lowest BCUT2D eigenvalue weighted by atomic mass is 9.80. The molecule has 0 bridgehead atoms. The second-order valence-corrected chi connectivity index (χ2v) is 5.27. The van der Waals surface area contributed by atoms with Crippen LogP contribution in [0.1, 0.15) is 39.0 Å². The lowest BCUT2D eigenvalue weighted by Crippen LogP contribution is -2.52. The van der Waals surface area contributed by atoms with Crippen LogP contribution in [0.5, 0.6) is 0 Å². The highest BCUT2D eigenvalue weighted by molar-refractivity contribution is 4.96. The average Bonchev–Trinajstić information content (AvgIpc) is 2.44. The molecule has 0 amide bonds. The second-order valence-electron chi connectivity index (χ2n) is 5.27. The Morgan fingerprint density at radius 1 is 1.20 bits per heavy atom. The molecule has 88 valence electrons. The number of rotatable bonds is 1. The summed E-state index contributed by atoms with van der Waals surface area (Å²) in [6, 6.07) is 0.0983. The van der Waals surface area contributed by atoms with Gasteiger partial charge < -0.3 is 10.6 Å². The molecule has 0 aromatic rings. The van der Waals surface area contributed by atoms with Crippen molar-refractivity contribution in [1.82, 2.24) is 10.6 Å². The van der Waals surface area contributed by atoms with Gasteiger partial charge in [-0.25, -0.2) is 4.39 Å². The topological polar surface area (TPSA) is 24.1 Å². The first-order valence-electron chi connectivity index (χ1n) is 6.34. The highest BCUT2D eigenvalue weighted by atomic mass is 19.1. The molecule has 2 fully saturated rings. The maximum atomic E-state index is 14.8. The van der Waals surface area contributed by atoms with Crippen molar-refractivity contribution in [1.29, 1.82) is 0 Å². The maximum absolute atomic E-state index is 14.8. The Hall–Kier alpha value is -0.150. The fourth-order valence-electron chi connectivity index (χ4n) is 2.90. The molecule has 0 aromatic heterocycles. The van der Waals surface area contributed by atoms with Gasteiger partial charge in [0.05, 0.1) is 0 Å². The quantitative estimate of drug-likeness (QED) is 0.696. The molecule has 3 atom stereocenters. The Morgan fingerprint density at radius 2 is 2.07 bits per heavy atom. The molecular formula is C12H23FN2. The van der Waals surface area contributed by atoms with Crippen LogP contribution in [-0.2, 0) is 0 Å². The van der Waals surface area contributed by atoms with Crippen molar-refractivity contribution >= 4 is 0 Å². The molecule has 0 saturated carbocycles. The summed E-state index contributed by atoms with van der Waals surface area (Å²) >= 11 is 0. The summed E-state index contributed by atoms with van der Waals surface area (Å²) in [5.74, 6) is 0.681. The summed E-state index contributed by atoms with van der Waals surface area (Å²) in [6.45, 7) is 5.05. The largest absolute Gasteiger partial charge is 0.317 e. The van der Waals surface area contributed by atoms with Crippen molar-refractivity contribution in [2.75, 3.05) is 19.6 Å². The molecule has 2 nitrogen and oxygen atoms in total. The van der Waals surface area contributed by atoms with Crippen LogP contribution in [0.4, 0.5) is 4.39 Å². The maximum Gasteiger partial charge on any atom is 0.127 e. The first kappa shape index (κ1) is 11.3. The summed E-state index contributed by atoms with van der Waals surface area (Å²) in [7, 11) is 0. The molecule has 0 spiro atoms. The normalized spacial score (nSPS) is 43.6. The molecule has 2 rings (SSSR count). The van der Waals surface area contributed by atoms with Gasteiger partial charge in [-0.1, -0.05) is 6.92 Å². The molecule has 0 radical (unpaired) electrons. The van der Waals surface area contributed by atoms with Gasteiger partial charge in [0.25, 0.3) is 0 Å². The van der Waals surface area contributed by atoms with Crippen LogP contribution in [0, 0.1) is 5.92 Å². The van der Waals surface area contributed by atoms with Gasteiger partial charge >= 0.3 is 0 Å². The predicted octanol–water partition coefficient (Wildman–Crippen LogP) is 1.86. The van der Waals surface area contributed by atoms with E-state index in [1.807, 2.05) is 0 Å². The number of hydrogen-bond donors (Lipinski definition) is 2. The van der Waals surface area contributed by atoms with Crippen LogP contribution < -0.4 is 10.6 Å². The zero-order valence-electron chi connectivity index (χ0n) is 9.69. The van der Waals surface area contributed by atoms with Crippen LogP contribution in [0.25, 0.3) is 0 Å². The molecule has 0 aliphatic carbocycles. The summed E-state index contributed by atoms with van der Waals surface area (Å²) in [6.07, 6.45) is 4.59. The van der Waals surface area contributed by atoms with Crippen LogP contribution in [0.3, 0.4) is 0 Å². The van der Waals surface area contributed by atoms with E-state index in [1.165, 1.54) is 6.42 Å². The zero-order valence-corrected chi connectivity index (χ0v) is 9.69. The van der Waals surface area contributed by atoms with E-state index in [9.17, 15) is 4.39 Å². The van der Waals surface area contributed by atoms with E-state index < -0.39 is 5.67 Å². The third-order valence-corrected chi connectivity index (χ3v) is 3.95. The molecule has 2 aliphatic rings. The predicted molar refractivity (Wildman–Crippen MR) is 60.7 cm³/mol. The minimum atomic E-state index is -0.960. The van der Waals surface area contributed by atoms with Crippen molar-refractivity contribution in [3.8, 4) is 0 Å². The van der Waals surface area contributed by atoms with Crippen molar-refractivity contribution in [3.63, 3.8) is 0 Å². The van der Waals surface area contributed by atoms with E-state index in [1.54, 1.807) is 0 Å². The molecule has 2 aliphatic heterocycles. The Labute approximate surface area is 92.0 Å². The van der Waals surface area contributed by atoms with Gasteiger partial charge in [0.15, 0.2) is 0 Å². The highest BCUT2D eigenvalue weighted by Gasteiger charge is 2.40. The van der Waals surface area contributed by atoms with Crippen LogP contribution in [0.15, 0.2) is 0 Å². The van der Waals surface area contributed by atoms with E-state index >= 15 is 0 Å². The monoisotopic (exact) mass is 214 g/mol. The minimum absolute atomic E-state index is 0.0983. The molecule has 3 unspecified atom stereocenters. The Kier molecular flexibility index (Phi) is 3.62. The van der Waals surface area contributed by atoms with Gasteiger partial charge in [-0.2, -0.15) is 0 Å². The molecule has 2 saturated heterocycles. The molecule has 3 heteroatoms. The van der Waals surface area contributed by atoms with Crippen LogP contribution in [0.2, 0.25) is 0 Å². The average molecular weight is 214 g/mol.